The number of amides is 6. The van der Waals surface area contributed by atoms with Gasteiger partial charge in [-0.2, -0.15) is 0 Å². The van der Waals surface area contributed by atoms with E-state index in [4.69, 9.17) is 55.1 Å². The predicted molar refractivity (Wildman–Crippen MR) is 239 cm³/mol. The molecule has 18 nitrogen and oxygen atoms in total. The maximum atomic E-state index is 13.3. The van der Waals surface area contributed by atoms with E-state index in [-0.39, 0.29) is 76.3 Å². The molecule has 0 radical (unpaired) electrons. The van der Waals surface area contributed by atoms with Gasteiger partial charge in [0.15, 0.2) is 0 Å². The van der Waals surface area contributed by atoms with Gasteiger partial charge in [0.25, 0.3) is 0 Å². The van der Waals surface area contributed by atoms with Crippen LogP contribution in [0, 0.1) is 51.2 Å². The van der Waals surface area contributed by atoms with Gasteiger partial charge in [-0.15, -0.1) is 0 Å². The van der Waals surface area contributed by atoms with Crippen molar-refractivity contribution in [2.45, 2.75) is 132 Å². The minimum absolute atomic E-state index is 0.0125. The second-order valence-electron chi connectivity index (χ2n) is 19.6. The number of allylic oxidation sites excluding steroid dienone is 6. The molecule has 0 aliphatic carbocycles. The van der Waals surface area contributed by atoms with Gasteiger partial charge in [-0.25, -0.2) is 0 Å². The van der Waals surface area contributed by atoms with Crippen LogP contribution in [0.15, 0.2) is 49.3 Å². The lowest BCUT2D eigenvalue weighted by atomic mass is 9.57. The van der Waals surface area contributed by atoms with Gasteiger partial charge >= 0.3 is 5.97 Å². The fourth-order valence-electron chi connectivity index (χ4n) is 11.3. The van der Waals surface area contributed by atoms with E-state index in [1.807, 2.05) is 54.5 Å². The van der Waals surface area contributed by atoms with E-state index in [1.54, 1.807) is 6.92 Å². The largest absolute Gasteiger partial charge is 0.481 e. The number of carbonyl (C=O) groups excluding carboxylic acids is 6. The number of primary amides is 6. The van der Waals surface area contributed by atoms with Crippen molar-refractivity contribution in [3.8, 4) is 0 Å². The molecule has 15 N–H and O–H groups in total. The molecule has 0 saturated carbocycles. The summed E-state index contributed by atoms with van der Waals surface area (Å²) in [5.41, 5.74) is 42.1. The lowest BCUT2D eigenvalue weighted by molar-refractivity contribution is -0.137. The van der Waals surface area contributed by atoms with E-state index in [9.17, 15) is 38.7 Å². The molecule has 4 aliphatic heterocycles. The minimum Gasteiger partial charge on any atom is -0.481 e. The SMILES string of the molecule is C/C1=C2N=C(/C=C3N=C(/C(C)=C(\N)[C@@H](CCC(N)=O)[C@](C)(CC(N)=O)[C@H](C)[C@@H]4N=C1[C@](C)(CCC(=O)O)[C@H]4CC(N)=O)[C@@](C)(CC(N)=O)[C@@H]/3CCC(N)=O)C(C)(C)[C@@H]/2CCC(N)=O. The standard InChI is InChI=1S/C45H68N10O8/c1-21-37(52)25(10-13-31(47)57)44(7,19-34(50)60)23(3)39-27(17-33(49)59)43(6,16-15-36(62)63)41(55-39)22(2)38-26(11-14-32(48)58)42(4,5)29(54-38)18-28-24(9-12-30(46)56)45(8,20-35(51)61)40(21)53-28/h18,23-27,39H,9-17,19-20,52H2,1-8H3,(H2,46,56)(H2,47,57)(H2,48,58)(H2,49,59)(H2,50,60)(H2,51,61)(H,62,63)/b28-18+,37-21-,38-22-/t23-,24-,25-,26-,27+,39+,43-,44-,45+/m1/s1. The number of carboxylic acids is 1. The fraction of sp³-hybridized carbons (Fsp3) is 0.644. The summed E-state index contributed by atoms with van der Waals surface area (Å²) in [6.45, 7) is 14.9. The van der Waals surface area contributed by atoms with Crippen LogP contribution >= 0.6 is 0 Å². The number of aliphatic carboxylic acids is 1. The molecule has 4 aliphatic rings. The van der Waals surface area contributed by atoms with Crippen molar-refractivity contribution in [3.05, 3.63) is 34.3 Å². The smallest absolute Gasteiger partial charge is 0.303 e. The number of rotatable bonds is 18. The highest BCUT2D eigenvalue weighted by Gasteiger charge is 2.57. The van der Waals surface area contributed by atoms with Gasteiger partial charge in [-0.05, 0) is 68.1 Å². The van der Waals surface area contributed by atoms with Crippen molar-refractivity contribution < 1.29 is 38.7 Å². The van der Waals surface area contributed by atoms with Crippen LogP contribution in [-0.4, -0.2) is 69.7 Å². The molecule has 0 aromatic rings. The average molecular weight is 877 g/mol. The maximum absolute atomic E-state index is 13.3. The number of carbonyl (C=O) groups is 7. The van der Waals surface area contributed by atoms with Crippen molar-refractivity contribution in [1.29, 1.82) is 0 Å². The van der Waals surface area contributed by atoms with Crippen LogP contribution in [0.4, 0.5) is 0 Å². The molecular formula is C45H68N10O8. The molecule has 0 unspecified atom stereocenters. The van der Waals surface area contributed by atoms with Crippen LogP contribution in [0.25, 0.3) is 0 Å². The number of nitrogens with zero attached hydrogens (tertiary/aromatic N) is 3. The monoisotopic (exact) mass is 877 g/mol. The Hall–Kier alpha value is -5.68. The molecule has 4 rings (SSSR count). The zero-order valence-corrected chi connectivity index (χ0v) is 38.0. The van der Waals surface area contributed by atoms with Crippen LogP contribution in [0.3, 0.4) is 0 Å². The van der Waals surface area contributed by atoms with Crippen LogP contribution in [0.1, 0.15) is 126 Å². The first-order valence-electron chi connectivity index (χ1n) is 21.6. The third-order valence-corrected chi connectivity index (χ3v) is 15.0. The summed E-state index contributed by atoms with van der Waals surface area (Å²) in [6, 6.07) is -0.793. The molecule has 63 heavy (non-hydrogen) atoms. The predicted octanol–water partition coefficient (Wildman–Crippen LogP) is 2.56. The normalized spacial score (nSPS) is 34.6. The molecule has 9 atom stereocenters. The van der Waals surface area contributed by atoms with Crippen molar-refractivity contribution >= 4 is 58.5 Å². The number of hydrogen-bond donors (Lipinski definition) is 8. The molecular weight excluding hydrogens is 809 g/mol. The lowest BCUT2D eigenvalue weighted by Crippen LogP contribution is -2.48. The molecule has 346 valence electrons. The van der Waals surface area contributed by atoms with E-state index >= 15 is 0 Å². The third kappa shape index (κ3) is 9.94. The van der Waals surface area contributed by atoms with Gasteiger partial charge in [0.2, 0.25) is 35.4 Å². The Morgan fingerprint density at radius 3 is 1.67 bits per heavy atom. The van der Waals surface area contributed by atoms with Crippen LogP contribution in [-0.2, 0) is 33.6 Å². The summed E-state index contributed by atoms with van der Waals surface area (Å²) in [7, 11) is 0. The van der Waals surface area contributed by atoms with Crippen molar-refractivity contribution in [2.75, 3.05) is 0 Å². The minimum atomic E-state index is -1.23. The molecule has 6 bridgehead atoms. The van der Waals surface area contributed by atoms with Gasteiger partial charge < -0.3 is 45.2 Å². The fourth-order valence-corrected chi connectivity index (χ4v) is 11.3. The highest BCUT2D eigenvalue weighted by Crippen LogP contribution is 2.57. The molecule has 0 spiro atoms. The first kappa shape index (κ1) is 50.0. The lowest BCUT2D eigenvalue weighted by Gasteiger charge is -2.47. The van der Waals surface area contributed by atoms with Gasteiger partial charge in [-0.1, -0.05) is 41.5 Å². The Morgan fingerprint density at radius 2 is 1.17 bits per heavy atom. The second-order valence-corrected chi connectivity index (χ2v) is 19.6. The van der Waals surface area contributed by atoms with E-state index < -0.39 is 98.7 Å². The van der Waals surface area contributed by atoms with Crippen molar-refractivity contribution in [3.63, 3.8) is 0 Å². The summed E-state index contributed by atoms with van der Waals surface area (Å²) < 4.78 is 0. The first-order chi connectivity index (χ1) is 29.0. The zero-order chi connectivity index (χ0) is 47.7. The number of nitrogens with two attached hydrogens (primary N) is 7. The molecule has 6 amide bonds. The molecule has 4 heterocycles. The van der Waals surface area contributed by atoms with Crippen LogP contribution in [0.2, 0.25) is 0 Å². The summed E-state index contributed by atoms with van der Waals surface area (Å²) in [5, 5.41) is 10.1. The zero-order valence-electron chi connectivity index (χ0n) is 38.0. The Labute approximate surface area is 369 Å². The highest BCUT2D eigenvalue weighted by molar-refractivity contribution is 6.11. The molecule has 0 saturated heterocycles. The van der Waals surface area contributed by atoms with E-state index in [0.717, 1.165) is 0 Å². The molecule has 0 fully saturated rings. The number of hydrogen-bond acceptors (Lipinski definition) is 11. The average Bonchev–Trinajstić information content (AvgIpc) is 3.68. The highest BCUT2D eigenvalue weighted by atomic mass is 16.4. The summed E-state index contributed by atoms with van der Waals surface area (Å²) in [6.07, 6.45) is 1.24. The van der Waals surface area contributed by atoms with Crippen molar-refractivity contribution in [2.24, 2.45) is 106 Å². The third-order valence-electron chi connectivity index (χ3n) is 15.0. The van der Waals surface area contributed by atoms with Gasteiger partial charge in [-0.3, -0.25) is 48.5 Å². The second kappa shape index (κ2) is 18.6. The quantitative estimate of drug-likeness (QED) is 0.100. The van der Waals surface area contributed by atoms with E-state index in [2.05, 4.69) is 0 Å². The summed E-state index contributed by atoms with van der Waals surface area (Å²) >= 11 is 0. The van der Waals surface area contributed by atoms with Crippen LogP contribution in [0.5, 0.6) is 0 Å². The Balaban J connectivity index is 2.30. The Kier molecular flexibility index (Phi) is 14.7. The number of carboxylic acid groups (broad SMARTS) is 1. The first-order valence-corrected chi connectivity index (χ1v) is 21.6. The van der Waals surface area contributed by atoms with Gasteiger partial charge in [0, 0.05) is 113 Å². The molecule has 18 heteroatoms. The Morgan fingerprint density at radius 1 is 0.651 bits per heavy atom. The molecule has 0 aromatic carbocycles. The number of aliphatic imine (C=N–C) groups is 3. The van der Waals surface area contributed by atoms with E-state index in [0.29, 0.717) is 39.7 Å². The topological polar surface area (TPSA) is 359 Å². The van der Waals surface area contributed by atoms with Gasteiger partial charge in [0.05, 0.1) is 11.8 Å². The van der Waals surface area contributed by atoms with Crippen molar-refractivity contribution in [1.82, 2.24) is 0 Å². The maximum Gasteiger partial charge on any atom is 0.303 e. The van der Waals surface area contributed by atoms with Crippen LogP contribution < -0.4 is 40.1 Å². The number of fused-ring (bicyclic) bond motifs is 3. The summed E-state index contributed by atoms with van der Waals surface area (Å²) in [4.78, 5) is 105. The summed E-state index contributed by atoms with van der Waals surface area (Å²) in [5.74, 6) is -8.01. The molecule has 0 aromatic heterocycles. The van der Waals surface area contributed by atoms with E-state index in [1.165, 1.54) is 0 Å². The Bertz CT molecular complexity index is 2150. The van der Waals surface area contributed by atoms with Gasteiger partial charge in [0.1, 0.15) is 0 Å².